The molecule has 0 radical (unpaired) electrons. The second-order valence-electron chi connectivity index (χ2n) is 4.66. The number of nitrogens with zero attached hydrogens (tertiary/aromatic N) is 5. The van der Waals surface area contributed by atoms with E-state index >= 15 is 0 Å². The van der Waals surface area contributed by atoms with Crippen molar-refractivity contribution in [1.29, 1.82) is 5.26 Å². The van der Waals surface area contributed by atoms with Crippen LogP contribution in [0.25, 0.3) is 11.2 Å². The molecular formula is C12H14N6O2. The summed E-state index contributed by atoms with van der Waals surface area (Å²) in [5, 5.41) is 9.29. The number of nitrogens with two attached hydrogens (primary N) is 1. The highest BCUT2D eigenvalue weighted by atomic mass is 16.5. The predicted octanol–water partition coefficient (Wildman–Crippen LogP) is 0.482. The van der Waals surface area contributed by atoms with Crippen molar-refractivity contribution in [2.24, 2.45) is 5.92 Å². The topological polar surface area (TPSA) is 112 Å². The Kier molecular flexibility index (Phi) is 3.22. The maximum absolute atomic E-state index is 9.29. The number of aromatic nitrogens is 4. The number of hydrogen-bond acceptors (Lipinski definition) is 7. The SMILES string of the molecule is COCC1CC(C#N)C(n2cnc3c(N)ncnc32)O1. The van der Waals surface area contributed by atoms with Crippen molar-refractivity contribution in [1.82, 2.24) is 19.5 Å². The van der Waals surface area contributed by atoms with Crippen LogP contribution in [-0.2, 0) is 9.47 Å². The maximum atomic E-state index is 9.29. The summed E-state index contributed by atoms with van der Waals surface area (Å²) < 4.78 is 12.7. The average Bonchev–Trinajstić information content (AvgIpc) is 3.03. The number of nitrogen functional groups attached to an aromatic ring is 1. The Hall–Kier alpha value is -2.24. The second-order valence-corrected chi connectivity index (χ2v) is 4.66. The summed E-state index contributed by atoms with van der Waals surface area (Å²) in [6.07, 6.45) is 3.04. The van der Waals surface area contributed by atoms with Crippen LogP contribution in [0, 0.1) is 17.2 Å². The monoisotopic (exact) mass is 274 g/mol. The summed E-state index contributed by atoms with van der Waals surface area (Å²) in [6, 6.07) is 2.27. The molecule has 0 aromatic carbocycles. The molecule has 2 N–H and O–H groups in total. The van der Waals surface area contributed by atoms with Crippen molar-refractivity contribution in [2.75, 3.05) is 19.5 Å². The molecule has 3 rings (SSSR count). The van der Waals surface area contributed by atoms with E-state index in [1.54, 1.807) is 18.0 Å². The van der Waals surface area contributed by atoms with Gasteiger partial charge in [0, 0.05) is 7.11 Å². The van der Waals surface area contributed by atoms with Gasteiger partial charge in [-0.15, -0.1) is 0 Å². The zero-order valence-electron chi connectivity index (χ0n) is 10.9. The van der Waals surface area contributed by atoms with E-state index in [4.69, 9.17) is 15.2 Å². The molecule has 3 unspecified atom stereocenters. The lowest BCUT2D eigenvalue weighted by atomic mass is 10.1. The van der Waals surface area contributed by atoms with Crippen molar-refractivity contribution < 1.29 is 9.47 Å². The second kappa shape index (κ2) is 5.03. The average molecular weight is 274 g/mol. The Balaban J connectivity index is 1.98. The molecule has 0 aliphatic carbocycles. The summed E-state index contributed by atoms with van der Waals surface area (Å²) >= 11 is 0. The number of ether oxygens (including phenoxy) is 2. The number of rotatable bonds is 3. The molecule has 3 atom stereocenters. The number of nitriles is 1. The highest BCUT2D eigenvalue weighted by molar-refractivity contribution is 5.81. The van der Waals surface area contributed by atoms with Gasteiger partial charge in [-0.2, -0.15) is 5.26 Å². The standard InChI is InChI=1S/C12H14N6O2/c1-19-4-8-2-7(3-13)12(20-8)18-6-17-9-10(14)15-5-16-11(9)18/h5-8,12H,2,4H2,1H3,(H2,14,15,16). The highest BCUT2D eigenvalue weighted by Crippen LogP contribution is 2.35. The Bertz CT molecular complexity index is 664. The summed E-state index contributed by atoms with van der Waals surface area (Å²) in [6.45, 7) is 0.457. The van der Waals surface area contributed by atoms with Crippen molar-refractivity contribution in [3.8, 4) is 6.07 Å². The molecule has 20 heavy (non-hydrogen) atoms. The van der Waals surface area contributed by atoms with Gasteiger partial charge in [0.2, 0.25) is 0 Å². The van der Waals surface area contributed by atoms with Crippen LogP contribution in [0.1, 0.15) is 12.6 Å². The van der Waals surface area contributed by atoms with Crippen LogP contribution in [0.4, 0.5) is 5.82 Å². The zero-order valence-corrected chi connectivity index (χ0v) is 10.9. The van der Waals surface area contributed by atoms with Gasteiger partial charge in [-0.25, -0.2) is 15.0 Å². The number of fused-ring (bicyclic) bond motifs is 1. The van der Waals surface area contributed by atoms with Crippen LogP contribution >= 0.6 is 0 Å². The molecule has 104 valence electrons. The van der Waals surface area contributed by atoms with Crippen molar-refractivity contribution >= 4 is 17.0 Å². The molecule has 8 heteroatoms. The molecule has 0 amide bonds. The third-order valence-electron chi connectivity index (χ3n) is 3.37. The van der Waals surface area contributed by atoms with E-state index < -0.39 is 6.23 Å². The summed E-state index contributed by atoms with van der Waals surface area (Å²) in [5.74, 6) is 0.0393. The van der Waals surface area contributed by atoms with Gasteiger partial charge in [-0.1, -0.05) is 0 Å². The maximum Gasteiger partial charge on any atom is 0.167 e. The Morgan fingerprint density at radius 2 is 2.40 bits per heavy atom. The Labute approximate surface area is 115 Å². The number of methoxy groups -OCH3 is 1. The van der Waals surface area contributed by atoms with Gasteiger partial charge in [0.05, 0.1) is 31.0 Å². The fourth-order valence-electron chi connectivity index (χ4n) is 2.47. The predicted molar refractivity (Wildman–Crippen MR) is 69.2 cm³/mol. The molecule has 8 nitrogen and oxygen atoms in total. The van der Waals surface area contributed by atoms with Crippen molar-refractivity contribution in [3.63, 3.8) is 0 Å². The van der Waals surface area contributed by atoms with Crippen LogP contribution in [0.3, 0.4) is 0 Å². The molecular weight excluding hydrogens is 260 g/mol. The molecule has 0 saturated carbocycles. The van der Waals surface area contributed by atoms with Gasteiger partial charge < -0.3 is 15.2 Å². The van der Waals surface area contributed by atoms with Crippen LogP contribution < -0.4 is 5.73 Å². The van der Waals surface area contributed by atoms with E-state index in [9.17, 15) is 5.26 Å². The van der Waals surface area contributed by atoms with Gasteiger partial charge in [0.25, 0.3) is 0 Å². The van der Waals surface area contributed by atoms with Crippen LogP contribution in [-0.4, -0.2) is 39.3 Å². The Morgan fingerprint density at radius 3 is 3.15 bits per heavy atom. The van der Waals surface area contributed by atoms with Gasteiger partial charge in [0.15, 0.2) is 17.7 Å². The lowest BCUT2D eigenvalue weighted by Gasteiger charge is -2.16. The minimum absolute atomic E-state index is 0.105. The first-order valence-electron chi connectivity index (χ1n) is 6.21. The molecule has 0 spiro atoms. The highest BCUT2D eigenvalue weighted by Gasteiger charge is 2.37. The minimum Gasteiger partial charge on any atom is -0.382 e. The minimum atomic E-state index is -0.431. The third-order valence-corrected chi connectivity index (χ3v) is 3.37. The van der Waals surface area contributed by atoms with Crippen LogP contribution in [0.5, 0.6) is 0 Å². The lowest BCUT2D eigenvalue weighted by Crippen LogP contribution is -2.16. The third kappa shape index (κ3) is 1.97. The number of anilines is 1. The van der Waals surface area contributed by atoms with E-state index in [1.807, 2.05) is 0 Å². The van der Waals surface area contributed by atoms with E-state index in [0.29, 0.717) is 30.0 Å². The van der Waals surface area contributed by atoms with Gasteiger partial charge >= 0.3 is 0 Å². The van der Waals surface area contributed by atoms with E-state index in [0.717, 1.165) is 0 Å². The smallest absolute Gasteiger partial charge is 0.167 e. The fraction of sp³-hybridized carbons (Fsp3) is 0.500. The fourth-order valence-corrected chi connectivity index (χ4v) is 2.47. The zero-order chi connectivity index (χ0) is 14.1. The number of imidazole rings is 1. The Morgan fingerprint density at radius 1 is 1.55 bits per heavy atom. The lowest BCUT2D eigenvalue weighted by molar-refractivity contribution is -0.0349. The summed E-state index contributed by atoms with van der Waals surface area (Å²) in [7, 11) is 1.61. The van der Waals surface area contributed by atoms with Crippen molar-refractivity contribution in [2.45, 2.75) is 18.8 Å². The van der Waals surface area contributed by atoms with Gasteiger partial charge in [-0.3, -0.25) is 4.57 Å². The van der Waals surface area contributed by atoms with Crippen molar-refractivity contribution in [3.05, 3.63) is 12.7 Å². The quantitative estimate of drug-likeness (QED) is 0.866. The van der Waals surface area contributed by atoms with Crippen LogP contribution in [0.2, 0.25) is 0 Å². The van der Waals surface area contributed by atoms with E-state index in [-0.39, 0.29) is 12.0 Å². The molecule has 1 aliphatic heterocycles. The largest absolute Gasteiger partial charge is 0.382 e. The normalized spacial score (nSPS) is 25.9. The van der Waals surface area contributed by atoms with Gasteiger partial charge in [0.1, 0.15) is 11.8 Å². The molecule has 1 saturated heterocycles. The molecule has 2 aromatic rings. The molecule has 1 fully saturated rings. The van der Waals surface area contributed by atoms with Crippen LogP contribution in [0.15, 0.2) is 12.7 Å². The van der Waals surface area contributed by atoms with E-state index in [1.165, 1.54) is 6.33 Å². The first-order chi connectivity index (χ1) is 9.74. The molecule has 2 aromatic heterocycles. The van der Waals surface area contributed by atoms with Gasteiger partial charge in [-0.05, 0) is 6.42 Å². The number of hydrogen-bond donors (Lipinski definition) is 1. The summed E-state index contributed by atoms with van der Waals surface area (Å²) in [5.41, 5.74) is 6.84. The summed E-state index contributed by atoms with van der Waals surface area (Å²) in [4.78, 5) is 12.3. The first kappa shape index (κ1) is 12.8. The molecule has 1 aliphatic rings. The molecule has 0 bridgehead atoms. The first-order valence-corrected chi connectivity index (χ1v) is 6.21. The molecule has 3 heterocycles. The van der Waals surface area contributed by atoms with E-state index in [2.05, 4.69) is 21.0 Å².